The zero-order valence-electron chi connectivity index (χ0n) is 31.2. The fourth-order valence-corrected chi connectivity index (χ4v) is 5.18. The summed E-state index contributed by atoms with van der Waals surface area (Å²) in [5, 5.41) is 0. The van der Waals surface area contributed by atoms with Crippen LogP contribution in [0.4, 0.5) is 0 Å². The lowest BCUT2D eigenvalue weighted by molar-refractivity contribution is -0.870. The van der Waals surface area contributed by atoms with Crippen LogP contribution in [0.1, 0.15) is 123 Å². The maximum atomic E-state index is 12.4. The average Bonchev–Trinajstić information content (AvgIpc) is 3.03. The molecule has 8 nitrogen and oxygen atoms in total. The Morgan fingerprint density at radius 1 is 0.667 bits per heavy atom. The highest BCUT2D eigenvalue weighted by atomic mass is 31.2. The first-order valence-electron chi connectivity index (χ1n) is 18.5. The van der Waals surface area contributed by atoms with Gasteiger partial charge in [-0.25, -0.2) is 0 Å². The van der Waals surface area contributed by atoms with Crippen molar-refractivity contribution < 1.29 is 37.3 Å². The first-order chi connectivity index (χ1) is 23.1. The largest absolute Gasteiger partial charge is 0.756 e. The molecular weight excluding hydrogens is 625 g/mol. The summed E-state index contributed by atoms with van der Waals surface area (Å²) >= 11 is 0. The van der Waals surface area contributed by atoms with Crippen LogP contribution in [0, 0.1) is 0 Å². The minimum absolute atomic E-state index is 0.0182. The molecule has 0 spiro atoms. The quantitative estimate of drug-likeness (QED) is 0.0222. The molecule has 0 rings (SSSR count). The molecule has 0 saturated heterocycles. The van der Waals surface area contributed by atoms with Crippen molar-refractivity contribution in [1.29, 1.82) is 0 Å². The van der Waals surface area contributed by atoms with Crippen LogP contribution in [-0.4, -0.2) is 70.7 Å². The number of carbonyl (C=O) groups excluding carboxylic acids is 1. The van der Waals surface area contributed by atoms with E-state index in [1.165, 1.54) is 19.3 Å². The van der Waals surface area contributed by atoms with E-state index in [9.17, 15) is 14.3 Å². The van der Waals surface area contributed by atoms with Crippen molar-refractivity contribution in [3.8, 4) is 0 Å². The Labute approximate surface area is 294 Å². The van der Waals surface area contributed by atoms with Crippen LogP contribution in [0.25, 0.3) is 0 Å². The Bertz CT molecular complexity index is 952. The van der Waals surface area contributed by atoms with Gasteiger partial charge in [0, 0.05) is 13.0 Å². The van der Waals surface area contributed by atoms with Crippen LogP contribution in [-0.2, 0) is 27.9 Å². The van der Waals surface area contributed by atoms with E-state index < -0.39 is 13.9 Å². The second-order valence-electron chi connectivity index (χ2n) is 13.2. The first kappa shape index (κ1) is 46.2. The number of phosphoric acid groups is 1. The van der Waals surface area contributed by atoms with E-state index in [1.807, 2.05) is 21.1 Å². The van der Waals surface area contributed by atoms with Gasteiger partial charge in [-0.3, -0.25) is 9.36 Å². The number of nitrogens with zero attached hydrogens (tertiary/aromatic N) is 1. The fourth-order valence-electron chi connectivity index (χ4n) is 4.45. The van der Waals surface area contributed by atoms with E-state index >= 15 is 0 Å². The number of ether oxygens (including phenoxy) is 2. The molecule has 2 unspecified atom stereocenters. The van der Waals surface area contributed by atoms with Crippen molar-refractivity contribution >= 4 is 13.8 Å². The monoisotopic (exact) mass is 695 g/mol. The highest BCUT2D eigenvalue weighted by Crippen LogP contribution is 2.38. The molecule has 0 aromatic heterocycles. The molecule has 0 fully saturated rings. The number of hydrogen-bond acceptors (Lipinski definition) is 7. The predicted molar refractivity (Wildman–Crippen MR) is 199 cm³/mol. The summed E-state index contributed by atoms with van der Waals surface area (Å²) in [5.41, 5.74) is 0. The molecule has 0 saturated carbocycles. The zero-order chi connectivity index (χ0) is 35.6. The van der Waals surface area contributed by atoms with Crippen molar-refractivity contribution in [3.63, 3.8) is 0 Å². The lowest BCUT2D eigenvalue weighted by atomic mass is 10.1. The van der Waals surface area contributed by atoms with Crippen molar-refractivity contribution in [2.24, 2.45) is 0 Å². The second-order valence-corrected chi connectivity index (χ2v) is 14.6. The molecule has 0 aliphatic carbocycles. The number of carbonyl (C=O) groups is 1. The number of quaternary nitrogens is 1. The number of rotatable bonds is 33. The van der Waals surface area contributed by atoms with Crippen LogP contribution in [0.5, 0.6) is 0 Å². The van der Waals surface area contributed by atoms with Gasteiger partial charge >= 0.3 is 5.97 Å². The lowest BCUT2D eigenvalue weighted by Gasteiger charge is -2.28. The van der Waals surface area contributed by atoms with Crippen molar-refractivity contribution in [3.05, 3.63) is 60.8 Å². The molecule has 0 aliphatic heterocycles. The summed E-state index contributed by atoms with van der Waals surface area (Å²) in [6.07, 6.45) is 38.3. The Hall–Kier alpha value is -1.80. The van der Waals surface area contributed by atoms with Gasteiger partial charge in [-0.2, -0.15) is 0 Å². The van der Waals surface area contributed by atoms with Gasteiger partial charge in [-0.15, -0.1) is 0 Å². The maximum absolute atomic E-state index is 12.4. The van der Waals surface area contributed by atoms with Gasteiger partial charge < -0.3 is 27.9 Å². The Balaban J connectivity index is 4.23. The van der Waals surface area contributed by atoms with Crippen molar-refractivity contribution in [2.75, 3.05) is 54.1 Å². The van der Waals surface area contributed by atoms with Crippen molar-refractivity contribution in [2.45, 2.75) is 129 Å². The van der Waals surface area contributed by atoms with E-state index in [4.69, 9.17) is 18.5 Å². The highest BCUT2D eigenvalue weighted by Gasteiger charge is 2.20. The third kappa shape index (κ3) is 35.5. The van der Waals surface area contributed by atoms with Gasteiger partial charge in [0.05, 0.1) is 34.4 Å². The van der Waals surface area contributed by atoms with E-state index in [0.29, 0.717) is 24.1 Å². The molecule has 2 atom stereocenters. The molecule has 9 heteroatoms. The molecule has 0 heterocycles. The van der Waals surface area contributed by atoms with Crippen LogP contribution in [0.15, 0.2) is 60.8 Å². The predicted octanol–water partition coefficient (Wildman–Crippen LogP) is 9.58. The Kier molecular flexibility index (Phi) is 31.2. The van der Waals surface area contributed by atoms with Gasteiger partial charge in [0.15, 0.2) is 0 Å². The van der Waals surface area contributed by atoms with Crippen molar-refractivity contribution in [1.82, 2.24) is 0 Å². The second kappa shape index (κ2) is 32.4. The number of unbranched alkanes of at least 4 members (excludes halogenated alkanes) is 9. The average molecular weight is 696 g/mol. The van der Waals surface area contributed by atoms with Gasteiger partial charge in [0.1, 0.15) is 19.3 Å². The molecule has 0 aliphatic rings. The van der Waals surface area contributed by atoms with E-state index in [0.717, 1.165) is 83.5 Å². The van der Waals surface area contributed by atoms with E-state index in [-0.39, 0.29) is 25.8 Å². The fraction of sp³-hybridized carbons (Fsp3) is 0.718. The zero-order valence-corrected chi connectivity index (χ0v) is 32.1. The summed E-state index contributed by atoms with van der Waals surface area (Å²) < 4.78 is 34.2. The number of hydrogen-bond donors (Lipinski definition) is 0. The van der Waals surface area contributed by atoms with Crippen LogP contribution < -0.4 is 4.89 Å². The molecule has 0 radical (unpaired) electrons. The molecule has 48 heavy (non-hydrogen) atoms. The summed E-state index contributed by atoms with van der Waals surface area (Å²) in [6, 6.07) is 0. The molecule has 278 valence electrons. The van der Waals surface area contributed by atoms with Gasteiger partial charge in [-0.05, 0) is 57.8 Å². The van der Waals surface area contributed by atoms with Crippen LogP contribution in [0.3, 0.4) is 0 Å². The summed E-state index contributed by atoms with van der Waals surface area (Å²) in [4.78, 5) is 24.7. The highest BCUT2D eigenvalue weighted by molar-refractivity contribution is 7.45. The SMILES string of the molecule is CC/C=C\C/C=C\C/C=C\C/C=C\C/C=C\CCCCCCOCC(COP(=O)([O-])OCC[N+](C)(C)C)OC(=O)CCCCCCCC. The molecule has 0 N–H and O–H groups in total. The summed E-state index contributed by atoms with van der Waals surface area (Å²) in [6.45, 7) is 5.13. The first-order valence-corrected chi connectivity index (χ1v) is 20.0. The van der Waals surface area contributed by atoms with Gasteiger partial charge in [0.2, 0.25) is 0 Å². The van der Waals surface area contributed by atoms with E-state index in [2.05, 4.69) is 74.6 Å². The molecule has 0 aromatic rings. The smallest absolute Gasteiger partial charge is 0.306 e. The molecule has 0 amide bonds. The molecule has 0 bridgehead atoms. The van der Waals surface area contributed by atoms with Gasteiger partial charge in [0.25, 0.3) is 7.82 Å². The number of likely N-dealkylation sites (N-methyl/N-ethyl adjacent to an activating group) is 1. The van der Waals surface area contributed by atoms with Crippen LogP contribution >= 0.6 is 7.82 Å². The third-order valence-corrected chi connectivity index (χ3v) is 8.30. The van der Waals surface area contributed by atoms with Gasteiger partial charge in [-0.1, -0.05) is 120 Å². The molecular formula is C39H70NO7P. The molecule has 0 aromatic carbocycles. The standard InChI is InChI=1S/C39H70NO7P/c1-6-8-10-12-14-15-16-17-18-19-20-21-22-23-24-25-26-27-29-31-34-44-36-38(47-39(41)32-30-28-13-11-9-7-2)37-46-48(42,43)45-35-33-40(3,4)5/h8,10,14-15,17-18,20-21,23-24,38H,6-7,9,11-13,16,19,22,25-37H2,1-5H3/b10-8-,15-14-,18-17-,21-20-,24-23-. The minimum atomic E-state index is -4.52. The Morgan fingerprint density at radius 2 is 1.21 bits per heavy atom. The number of phosphoric ester groups is 1. The van der Waals surface area contributed by atoms with E-state index in [1.54, 1.807) is 0 Å². The minimum Gasteiger partial charge on any atom is -0.756 e. The maximum Gasteiger partial charge on any atom is 0.306 e. The number of allylic oxidation sites excluding steroid dienone is 10. The third-order valence-electron chi connectivity index (χ3n) is 7.33. The Morgan fingerprint density at radius 3 is 1.81 bits per heavy atom. The normalized spacial score (nSPS) is 14.7. The topological polar surface area (TPSA) is 94.1 Å². The number of esters is 1. The van der Waals surface area contributed by atoms with Crippen LogP contribution in [0.2, 0.25) is 0 Å². The summed E-state index contributed by atoms with van der Waals surface area (Å²) in [7, 11) is 1.32. The lowest BCUT2D eigenvalue weighted by Crippen LogP contribution is -2.37. The summed E-state index contributed by atoms with van der Waals surface area (Å²) in [5.74, 6) is -0.357.